The fourth-order valence-electron chi connectivity index (χ4n) is 3.46. The summed E-state index contributed by atoms with van der Waals surface area (Å²) in [6.07, 6.45) is 6.47. The number of nitrogens with zero attached hydrogens (tertiary/aromatic N) is 1. The summed E-state index contributed by atoms with van der Waals surface area (Å²) in [4.78, 5) is 6.38. The van der Waals surface area contributed by atoms with Gasteiger partial charge in [0.05, 0.1) is 6.04 Å². The average molecular weight is 309 g/mol. The van der Waals surface area contributed by atoms with Gasteiger partial charge in [0, 0.05) is 16.2 Å². The van der Waals surface area contributed by atoms with Gasteiger partial charge in [0.25, 0.3) is 0 Å². The van der Waals surface area contributed by atoms with Crippen molar-refractivity contribution in [2.24, 2.45) is 10.9 Å². The summed E-state index contributed by atoms with van der Waals surface area (Å²) >= 11 is 3.76. The highest BCUT2D eigenvalue weighted by molar-refractivity contribution is 8.14. The maximum atomic E-state index is 4.99. The first-order valence-electron chi connectivity index (χ1n) is 7.73. The minimum absolute atomic E-state index is 0.334. The molecular formula is C16H24N2S2. The Hall–Kier alpha value is -0.480. The van der Waals surface area contributed by atoms with Crippen LogP contribution in [-0.4, -0.2) is 16.5 Å². The standard InChI is InChI=1S/C16H24N2S2/c1-3-13(14-7-5-9-19-14)17-15-18-16(11-20-15)8-4-6-12(2)10-16/h5,7,9,12-13H,3-4,6,8,10-11H2,1-2H3,(H,17,18). The smallest absolute Gasteiger partial charge is 0.157 e. The van der Waals surface area contributed by atoms with E-state index >= 15 is 0 Å². The van der Waals surface area contributed by atoms with Gasteiger partial charge < -0.3 is 5.32 Å². The number of hydrogen-bond donors (Lipinski definition) is 1. The highest BCUT2D eigenvalue weighted by Crippen LogP contribution is 2.39. The van der Waals surface area contributed by atoms with Crippen LogP contribution < -0.4 is 5.32 Å². The number of thioether (sulfide) groups is 1. The maximum absolute atomic E-state index is 4.99. The molecule has 3 rings (SSSR count). The summed E-state index contributed by atoms with van der Waals surface area (Å²) in [5.41, 5.74) is 0.342. The zero-order valence-corrected chi connectivity index (χ0v) is 14.0. The van der Waals surface area contributed by atoms with Gasteiger partial charge >= 0.3 is 0 Å². The van der Waals surface area contributed by atoms with Gasteiger partial charge in [0.15, 0.2) is 5.17 Å². The van der Waals surface area contributed by atoms with Crippen molar-refractivity contribution in [3.63, 3.8) is 0 Å². The summed E-state index contributed by atoms with van der Waals surface area (Å²) in [5.74, 6) is 2.06. The third kappa shape index (κ3) is 3.06. The molecule has 4 heteroatoms. The molecule has 0 bridgehead atoms. The van der Waals surface area contributed by atoms with Crippen LogP contribution >= 0.6 is 23.1 Å². The van der Waals surface area contributed by atoms with E-state index in [2.05, 4.69) is 36.7 Å². The van der Waals surface area contributed by atoms with Crippen LogP contribution in [0.15, 0.2) is 22.5 Å². The van der Waals surface area contributed by atoms with E-state index in [0.717, 1.165) is 12.3 Å². The minimum Gasteiger partial charge on any atom is -0.359 e. The average Bonchev–Trinajstić information content (AvgIpc) is 3.06. The van der Waals surface area contributed by atoms with E-state index in [1.165, 1.54) is 41.5 Å². The second kappa shape index (κ2) is 6.10. The lowest BCUT2D eigenvalue weighted by Crippen LogP contribution is -2.47. The predicted octanol–water partition coefficient (Wildman–Crippen LogP) is 4.84. The molecule has 110 valence electrons. The monoisotopic (exact) mass is 308 g/mol. The summed E-state index contributed by atoms with van der Waals surface area (Å²) in [7, 11) is 0. The molecule has 3 unspecified atom stereocenters. The Morgan fingerprint density at radius 3 is 3.15 bits per heavy atom. The fourth-order valence-corrected chi connectivity index (χ4v) is 5.54. The molecule has 1 aliphatic heterocycles. The number of thiophene rings is 1. The van der Waals surface area contributed by atoms with Gasteiger partial charge in [-0.3, -0.25) is 4.99 Å². The van der Waals surface area contributed by atoms with Crippen LogP contribution in [0.3, 0.4) is 0 Å². The lowest BCUT2D eigenvalue weighted by Gasteiger charge is -2.36. The summed E-state index contributed by atoms with van der Waals surface area (Å²) in [6, 6.07) is 4.67. The van der Waals surface area contributed by atoms with E-state index in [4.69, 9.17) is 4.99 Å². The molecule has 0 amide bonds. The first kappa shape index (κ1) is 14.5. The molecule has 1 aromatic rings. The number of amidine groups is 1. The van der Waals surface area contributed by atoms with E-state index in [1.807, 2.05) is 23.1 Å². The molecule has 1 N–H and O–H groups in total. The summed E-state index contributed by atoms with van der Waals surface area (Å²) in [6.45, 7) is 4.62. The van der Waals surface area contributed by atoms with E-state index in [9.17, 15) is 0 Å². The topological polar surface area (TPSA) is 24.4 Å². The quantitative estimate of drug-likeness (QED) is 0.864. The van der Waals surface area contributed by atoms with Crippen molar-refractivity contribution in [2.75, 3.05) is 5.75 Å². The molecule has 1 aliphatic carbocycles. The fraction of sp³-hybridized carbons (Fsp3) is 0.688. The second-order valence-corrected chi connectivity index (χ2v) is 8.21. The number of nitrogens with one attached hydrogen (secondary N) is 1. The first-order valence-corrected chi connectivity index (χ1v) is 9.59. The SMILES string of the molecule is CCC(N=C1NC2(CCCC(C)C2)CS1)c1cccs1. The molecule has 2 nitrogen and oxygen atoms in total. The molecular weight excluding hydrogens is 284 g/mol. The van der Waals surface area contributed by atoms with E-state index in [1.54, 1.807) is 0 Å². The Labute approximate surface area is 130 Å². The van der Waals surface area contributed by atoms with Crippen molar-refractivity contribution < 1.29 is 0 Å². The van der Waals surface area contributed by atoms with Gasteiger partial charge in [-0.25, -0.2) is 0 Å². The molecule has 3 atom stereocenters. The van der Waals surface area contributed by atoms with Crippen molar-refractivity contribution in [1.29, 1.82) is 0 Å². The zero-order valence-electron chi connectivity index (χ0n) is 12.4. The van der Waals surface area contributed by atoms with Crippen LogP contribution in [0, 0.1) is 5.92 Å². The Bertz CT molecular complexity index is 469. The largest absolute Gasteiger partial charge is 0.359 e. The van der Waals surface area contributed by atoms with Crippen LogP contribution in [-0.2, 0) is 0 Å². The Balaban J connectivity index is 1.71. The van der Waals surface area contributed by atoms with Crippen LogP contribution in [0.4, 0.5) is 0 Å². The van der Waals surface area contributed by atoms with Gasteiger partial charge in [-0.2, -0.15) is 0 Å². The Kier molecular flexibility index (Phi) is 4.41. The maximum Gasteiger partial charge on any atom is 0.157 e. The number of rotatable bonds is 3. The van der Waals surface area contributed by atoms with Gasteiger partial charge in [-0.15, -0.1) is 11.3 Å². The van der Waals surface area contributed by atoms with Crippen LogP contribution in [0.25, 0.3) is 0 Å². The normalized spacial score (nSPS) is 33.5. The summed E-state index contributed by atoms with van der Waals surface area (Å²) in [5, 5.41) is 7.11. The van der Waals surface area contributed by atoms with E-state index in [0.29, 0.717) is 11.6 Å². The van der Waals surface area contributed by atoms with E-state index < -0.39 is 0 Å². The zero-order chi connectivity index (χ0) is 14.0. The molecule has 1 saturated heterocycles. The third-order valence-electron chi connectivity index (χ3n) is 4.48. The van der Waals surface area contributed by atoms with E-state index in [-0.39, 0.29) is 0 Å². The molecule has 1 aromatic heterocycles. The van der Waals surface area contributed by atoms with Gasteiger partial charge in [-0.05, 0) is 36.6 Å². The highest BCUT2D eigenvalue weighted by Gasteiger charge is 2.40. The summed E-state index contributed by atoms with van der Waals surface area (Å²) < 4.78 is 0. The molecule has 2 aliphatic rings. The predicted molar refractivity (Wildman–Crippen MR) is 90.7 cm³/mol. The Morgan fingerprint density at radius 1 is 1.55 bits per heavy atom. The Morgan fingerprint density at radius 2 is 2.45 bits per heavy atom. The van der Waals surface area contributed by atoms with Gasteiger partial charge in [0.2, 0.25) is 0 Å². The molecule has 2 fully saturated rings. The van der Waals surface area contributed by atoms with Crippen molar-refractivity contribution in [1.82, 2.24) is 5.32 Å². The van der Waals surface area contributed by atoms with Crippen molar-refractivity contribution >= 4 is 28.3 Å². The molecule has 1 saturated carbocycles. The first-order chi connectivity index (χ1) is 9.71. The van der Waals surface area contributed by atoms with Gasteiger partial charge in [-0.1, -0.05) is 44.5 Å². The molecule has 20 heavy (non-hydrogen) atoms. The molecule has 0 radical (unpaired) electrons. The van der Waals surface area contributed by atoms with Crippen LogP contribution in [0.2, 0.25) is 0 Å². The lowest BCUT2D eigenvalue weighted by atomic mass is 9.78. The minimum atomic E-state index is 0.334. The van der Waals surface area contributed by atoms with Crippen molar-refractivity contribution in [2.45, 2.75) is 57.5 Å². The van der Waals surface area contributed by atoms with Gasteiger partial charge in [0.1, 0.15) is 0 Å². The third-order valence-corrected chi connectivity index (χ3v) is 6.63. The lowest BCUT2D eigenvalue weighted by molar-refractivity contribution is 0.242. The highest BCUT2D eigenvalue weighted by atomic mass is 32.2. The molecule has 2 heterocycles. The number of hydrogen-bond acceptors (Lipinski definition) is 3. The van der Waals surface area contributed by atoms with Crippen molar-refractivity contribution in [3.05, 3.63) is 22.4 Å². The number of aliphatic imine (C=N–C) groups is 1. The van der Waals surface area contributed by atoms with Crippen LogP contribution in [0.5, 0.6) is 0 Å². The van der Waals surface area contributed by atoms with Crippen molar-refractivity contribution in [3.8, 4) is 0 Å². The molecule has 0 aromatic carbocycles. The molecule has 1 spiro atoms. The van der Waals surface area contributed by atoms with Crippen LogP contribution in [0.1, 0.15) is 56.9 Å². The second-order valence-electron chi connectivity index (χ2n) is 6.27.